The highest BCUT2D eigenvalue weighted by atomic mass is 16.5. The number of nitrogens with zero attached hydrogens (tertiary/aromatic N) is 4. The van der Waals surface area contributed by atoms with Crippen molar-refractivity contribution in [2.45, 2.75) is 45.2 Å². The number of nitrogens with one attached hydrogen (secondary N) is 1. The van der Waals surface area contributed by atoms with E-state index in [4.69, 9.17) is 4.74 Å². The molecule has 1 fully saturated rings. The lowest BCUT2D eigenvalue weighted by Crippen LogP contribution is -2.07. The number of methoxy groups -OCH3 is 1. The lowest BCUT2D eigenvalue weighted by Gasteiger charge is -2.14. The van der Waals surface area contributed by atoms with Gasteiger partial charge in [-0.2, -0.15) is 5.10 Å². The Kier molecular flexibility index (Phi) is 4.24. The molecule has 0 aromatic carbocycles. The van der Waals surface area contributed by atoms with Crippen LogP contribution in [0.4, 0.5) is 11.6 Å². The number of aryl methyl sites for hydroxylation is 1. The molecule has 0 aliphatic heterocycles. The molecule has 1 aliphatic rings. The minimum absolute atomic E-state index is 0.581. The summed E-state index contributed by atoms with van der Waals surface area (Å²) in [5.74, 6) is 0.922. The molecule has 6 nitrogen and oxygen atoms in total. The van der Waals surface area contributed by atoms with Crippen molar-refractivity contribution >= 4 is 11.6 Å². The van der Waals surface area contributed by atoms with E-state index in [0.717, 1.165) is 23.9 Å². The molecule has 0 saturated heterocycles. The van der Waals surface area contributed by atoms with E-state index in [0.29, 0.717) is 12.6 Å². The van der Waals surface area contributed by atoms with Crippen LogP contribution in [0.5, 0.6) is 0 Å². The molecule has 21 heavy (non-hydrogen) atoms. The van der Waals surface area contributed by atoms with Crippen LogP contribution in [-0.2, 0) is 11.3 Å². The number of ether oxygens (including phenoxy) is 1. The molecule has 2 heterocycles. The van der Waals surface area contributed by atoms with E-state index < -0.39 is 0 Å². The standard InChI is InChI=1S/C15H23N5O/c1-12-10-20(14-5-3-4-6-14)15(17-12)18-13-9-16-19(11-13)7-8-21-2/h9-11,14H,3-8H2,1-2H3,(H,17,18). The third-order valence-electron chi connectivity index (χ3n) is 3.98. The van der Waals surface area contributed by atoms with Crippen LogP contribution in [0.25, 0.3) is 0 Å². The van der Waals surface area contributed by atoms with Crippen molar-refractivity contribution in [3.8, 4) is 0 Å². The lowest BCUT2D eigenvalue weighted by molar-refractivity contribution is 0.183. The Bertz CT molecular complexity index is 583. The maximum Gasteiger partial charge on any atom is 0.207 e. The van der Waals surface area contributed by atoms with Gasteiger partial charge >= 0.3 is 0 Å². The zero-order valence-electron chi connectivity index (χ0n) is 12.7. The molecule has 114 valence electrons. The minimum atomic E-state index is 0.581. The lowest BCUT2D eigenvalue weighted by atomic mass is 10.2. The van der Waals surface area contributed by atoms with E-state index >= 15 is 0 Å². The van der Waals surface area contributed by atoms with Gasteiger partial charge in [0.05, 0.1) is 30.7 Å². The maximum atomic E-state index is 5.07. The van der Waals surface area contributed by atoms with Crippen LogP contribution in [0.3, 0.4) is 0 Å². The second-order valence-electron chi connectivity index (χ2n) is 5.66. The van der Waals surface area contributed by atoms with Crippen molar-refractivity contribution in [3.05, 3.63) is 24.3 Å². The molecule has 1 aliphatic carbocycles. The van der Waals surface area contributed by atoms with E-state index in [2.05, 4.69) is 26.2 Å². The van der Waals surface area contributed by atoms with Gasteiger partial charge < -0.3 is 14.6 Å². The minimum Gasteiger partial charge on any atom is -0.383 e. The predicted octanol–water partition coefficient (Wildman–Crippen LogP) is 2.89. The Balaban J connectivity index is 1.73. The molecular weight excluding hydrogens is 266 g/mol. The van der Waals surface area contributed by atoms with Crippen LogP contribution in [0, 0.1) is 6.92 Å². The van der Waals surface area contributed by atoms with Gasteiger partial charge in [-0.15, -0.1) is 0 Å². The quantitative estimate of drug-likeness (QED) is 0.888. The topological polar surface area (TPSA) is 56.9 Å². The average Bonchev–Trinajstić information content (AvgIpc) is 3.18. The van der Waals surface area contributed by atoms with Crippen LogP contribution >= 0.6 is 0 Å². The number of anilines is 2. The van der Waals surface area contributed by atoms with Crippen molar-refractivity contribution in [1.29, 1.82) is 0 Å². The molecular formula is C15H23N5O. The number of aromatic nitrogens is 4. The summed E-state index contributed by atoms with van der Waals surface area (Å²) in [6, 6.07) is 0.581. The predicted molar refractivity (Wildman–Crippen MR) is 81.9 cm³/mol. The number of imidazole rings is 1. The Hall–Kier alpha value is -1.82. The summed E-state index contributed by atoms with van der Waals surface area (Å²) in [6.07, 6.45) is 11.1. The molecule has 2 aromatic heterocycles. The molecule has 6 heteroatoms. The highest BCUT2D eigenvalue weighted by Gasteiger charge is 2.20. The van der Waals surface area contributed by atoms with E-state index in [-0.39, 0.29) is 0 Å². The van der Waals surface area contributed by atoms with Gasteiger partial charge in [-0.25, -0.2) is 4.98 Å². The second-order valence-corrected chi connectivity index (χ2v) is 5.66. The van der Waals surface area contributed by atoms with E-state index in [9.17, 15) is 0 Å². The molecule has 0 atom stereocenters. The Labute approximate surface area is 125 Å². The first-order valence-electron chi connectivity index (χ1n) is 7.60. The molecule has 0 amide bonds. The van der Waals surface area contributed by atoms with Crippen molar-refractivity contribution in [2.75, 3.05) is 19.0 Å². The molecule has 0 radical (unpaired) electrons. The fourth-order valence-electron chi connectivity index (χ4n) is 2.93. The summed E-state index contributed by atoms with van der Waals surface area (Å²) in [5, 5.41) is 7.72. The number of hydrogen-bond acceptors (Lipinski definition) is 4. The second kappa shape index (κ2) is 6.30. The SMILES string of the molecule is COCCn1cc(Nc2nc(C)cn2C2CCCC2)cn1. The van der Waals surface area contributed by atoms with Crippen LogP contribution < -0.4 is 5.32 Å². The van der Waals surface area contributed by atoms with Gasteiger partial charge in [0.15, 0.2) is 0 Å². The van der Waals surface area contributed by atoms with Crippen LogP contribution in [0.15, 0.2) is 18.6 Å². The average molecular weight is 289 g/mol. The van der Waals surface area contributed by atoms with Gasteiger partial charge in [0.2, 0.25) is 5.95 Å². The molecule has 3 rings (SSSR count). The molecule has 0 spiro atoms. The van der Waals surface area contributed by atoms with Gasteiger partial charge in [-0.05, 0) is 19.8 Å². The van der Waals surface area contributed by atoms with Crippen LogP contribution in [0.2, 0.25) is 0 Å². The fourth-order valence-corrected chi connectivity index (χ4v) is 2.93. The number of rotatable bonds is 6. The highest BCUT2D eigenvalue weighted by Crippen LogP contribution is 2.32. The van der Waals surface area contributed by atoms with Crippen LogP contribution in [-0.4, -0.2) is 33.0 Å². The third-order valence-corrected chi connectivity index (χ3v) is 3.98. The molecule has 0 bridgehead atoms. The van der Waals surface area contributed by atoms with Crippen molar-refractivity contribution in [1.82, 2.24) is 19.3 Å². The Morgan fingerprint density at radius 1 is 1.33 bits per heavy atom. The monoisotopic (exact) mass is 289 g/mol. The zero-order chi connectivity index (χ0) is 14.7. The van der Waals surface area contributed by atoms with E-state index in [1.807, 2.05) is 24.0 Å². The Morgan fingerprint density at radius 3 is 2.90 bits per heavy atom. The fraction of sp³-hybridized carbons (Fsp3) is 0.600. The molecule has 0 unspecified atom stereocenters. The smallest absolute Gasteiger partial charge is 0.207 e. The van der Waals surface area contributed by atoms with Crippen molar-refractivity contribution in [3.63, 3.8) is 0 Å². The van der Waals surface area contributed by atoms with Crippen LogP contribution in [0.1, 0.15) is 37.4 Å². The summed E-state index contributed by atoms with van der Waals surface area (Å²) in [6.45, 7) is 3.46. The van der Waals surface area contributed by atoms with Gasteiger partial charge in [0, 0.05) is 25.5 Å². The highest BCUT2D eigenvalue weighted by molar-refractivity contribution is 5.51. The van der Waals surface area contributed by atoms with E-state index in [1.165, 1.54) is 25.7 Å². The molecule has 1 saturated carbocycles. The third kappa shape index (κ3) is 3.26. The number of hydrogen-bond donors (Lipinski definition) is 1. The first-order valence-corrected chi connectivity index (χ1v) is 7.60. The summed E-state index contributed by atoms with van der Waals surface area (Å²) < 4.78 is 9.23. The summed E-state index contributed by atoms with van der Waals surface area (Å²) in [4.78, 5) is 4.61. The zero-order valence-corrected chi connectivity index (χ0v) is 12.7. The van der Waals surface area contributed by atoms with Crippen molar-refractivity contribution < 1.29 is 4.74 Å². The Morgan fingerprint density at radius 2 is 2.14 bits per heavy atom. The van der Waals surface area contributed by atoms with Crippen molar-refractivity contribution in [2.24, 2.45) is 0 Å². The molecule has 1 N–H and O–H groups in total. The first-order chi connectivity index (χ1) is 10.3. The summed E-state index contributed by atoms with van der Waals surface area (Å²) in [7, 11) is 1.70. The van der Waals surface area contributed by atoms with E-state index in [1.54, 1.807) is 7.11 Å². The summed E-state index contributed by atoms with van der Waals surface area (Å²) in [5.41, 5.74) is 2.02. The maximum absolute atomic E-state index is 5.07. The van der Waals surface area contributed by atoms with Gasteiger partial charge in [0.25, 0.3) is 0 Å². The largest absolute Gasteiger partial charge is 0.383 e. The van der Waals surface area contributed by atoms with Gasteiger partial charge in [-0.3, -0.25) is 4.68 Å². The van der Waals surface area contributed by atoms with Gasteiger partial charge in [0.1, 0.15) is 0 Å². The normalized spacial score (nSPS) is 15.7. The van der Waals surface area contributed by atoms with Gasteiger partial charge in [-0.1, -0.05) is 12.8 Å². The first kappa shape index (κ1) is 14.1. The molecule has 2 aromatic rings. The summed E-state index contributed by atoms with van der Waals surface area (Å²) >= 11 is 0.